The van der Waals surface area contributed by atoms with Crippen LogP contribution in [0, 0.1) is 0 Å². The predicted octanol–water partition coefficient (Wildman–Crippen LogP) is 0.703. The Kier molecular flexibility index (Phi) is 5.97. The average molecular weight is 243 g/mol. The Bertz CT molecular complexity index is 267. The smallest absolute Gasteiger partial charge is 0.307 e. The topological polar surface area (TPSA) is 66.8 Å². The number of carbonyl (C=O) groups is 2. The summed E-state index contributed by atoms with van der Waals surface area (Å²) >= 11 is 0. The van der Waals surface area contributed by atoms with Crippen molar-refractivity contribution in [1.29, 1.82) is 0 Å². The Labute approximate surface area is 102 Å². The Balaban J connectivity index is 2.52. The third-order valence-corrected chi connectivity index (χ3v) is 3.13. The van der Waals surface area contributed by atoms with Crippen molar-refractivity contribution in [3.05, 3.63) is 0 Å². The minimum atomic E-state index is -0.267. The minimum absolute atomic E-state index is 0.0256. The lowest BCUT2D eigenvalue weighted by molar-refractivity contribution is -0.144. The molecule has 1 fully saturated rings. The third-order valence-electron chi connectivity index (χ3n) is 3.13. The molecule has 0 saturated carbocycles. The second-order valence-electron chi connectivity index (χ2n) is 4.34. The molecule has 0 aromatic rings. The fourth-order valence-electron chi connectivity index (χ4n) is 2.19. The zero-order valence-electron chi connectivity index (χ0n) is 10.4. The first-order valence-corrected chi connectivity index (χ1v) is 6.16. The summed E-state index contributed by atoms with van der Waals surface area (Å²) in [7, 11) is 1.36. The molecule has 1 amide bonds. The van der Waals surface area contributed by atoms with E-state index in [0.29, 0.717) is 19.4 Å². The molecule has 0 radical (unpaired) electrons. The number of piperidine rings is 1. The summed E-state index contributed by atoms with van der Waals surface area (Å²) in [6.45, 7) is 0.743. The summed E-state index contributed by atoms with van der Waals surface area (Å²) < 4.78 is 4.65. The number of esters is 1. The van der Waals surface area contributed by atoms with Crippen LogP contribution in [-0.2, 0) is 14.3 Å². The first-order chi connectivity index (χ1) is 8.19. The molecule has 0 aromatic heterocycles. The summed E-state index contributed by atoms with van der Waals surface area (Å²) in [6.07, 6.45) is 4.02. The Morgan fingerprint density at radius 3 is 2.82 bits per heavy atom. The van der Waals surface area contributed by atoms with Crippen LogP contribution < -0.4 is 0 Å². The molecule has 1 aliphatic heterocycles. The van der Waals surface area contributed by atoms with E-state index in [-0.39, 0.29) is 30.9 Å². The third kappa shape index (κ3) is 4.34. The lowest BCUT2D eigenvalue weighted by Crippen LogP contribution is -2.44. The van der Waals surface area contributed by atoms with E-state index in [1.165, 1.54) is 7.11 Å². The number of nitrogens with zero attached hydrogens (tertiary/aromatic N) is 1. The quantitative estimate of drug-likeness (QED) is 0.722. The van der Waals surface area contributed by atoms with Crippen LogP contribution in [0.15, 0.2) is 0 Å². The lowest BCUT2D eigenvalue weighted by Gasteiger charge is -2.35. The zero-order chi connectivity index (χ0) is 12.7. The van der Waals surface area contributed by atoms with E-state index in [1.807, 2.05) is 0 Å². The number of hydrogen-bond acceptors (Lipinski definition) is 4. The molecule has 1 atom stereocenters. The van der Waals surface area contributed by atoms with Crippen molar-refractivity contribution < 1.29 is 19.4 Å². The number of aliphatic hydroxyl groups is 1. The molecule has 1 aliphatic rings. The van der Waals surface area contributed by atoms with Crippen molar-refractivity contribution >= 4 is 11.9 Å². The van der Waals surface area contributed by atoms with Crippen molar-refractivity contribution in [3.8, 4) is 0 Å². The molecule has 1 heterocycles. The highest BCUT2D eigenvalue weighted by molar-refractivity contribution is 5.78. The van der Waals surface area contributed by atoms with Gasteiger partial charge in [0.25, 0.3) is 0 Å². The van der Waals surface area contributed by atoms with Crippen molar-refractivity contribution in [1.82, 2.24) is 4.90 Å². The van der Waals surface area contributed by atoms with Gasteiger partial charge in [-0.05, 0) is 25.7 Å². The maximum absolute atomic E-state index is 11.9. The van der Waals surface area contributed by atoms with E-state index in [1.54, 1.807) is 4.90 Å². The van der Waals surface area contributed by atoms with Gasteiger partial charge in [0, 0.05) is 25.6 Å². The molecule has 0 aromatic carbocycles. The van der Waals surface area contributed by atoms with E-state index < -0.39 is 0 Å². The van der Waals surface area contributed by atoms with Crippen LogP contribution in [0.2, 0.25) is 0 Å². The van der Waals surface area contributed by atoms with Gasteiger partial charge >= 0.3 is 5.97 Å². The summed E-state index contributed by atoms with van der Waals surface area (Å²) in [4.78, 5) is 24.9. The summed E-state index contributed by atoms with van der Waals surface area (Å²) in [5.41, 5.74) is 0. The highest BCUT2D eigenvalue weighted by Gasteiger charge is 2.28. The largest absolute Gasteiger partial charge is 0.469 e. The van der Waals surface area contributed by atoms with Crippen LogP contribution in [0.1, 0.15) is 38.5 Å². The van der Waals surface area contributed by atoms with Gasteiger partial charge < -0.3 is 14.7 Å². The van der Waals surface area contributed by atoms with Gasteiger partial charge in [-0.15, -0.1) is 0 Å². The fraction of sp³-hybridized carbons (Fsp3) is 0.833. The van der Waals surface area contributed by atoms with Gasteiger partial charge in [-0.1, -0.05) is 0 Å². The number of rotatable bonds is 5. The number of methoxy groups -OCH3 is 1. The number of amides is 1. The average Bonchev–Trinajstić information content (AvgIpc) is 2.36. The minimum Gasteiger partial charge on any atom is -0.469 e. The molecule has 17 heavy (non-hydrogen) atoms. The molecule has 5 nitrogen and oxygen atoms in total. The van der Waals surface area contributed by atoms with Gasteiger partial charge in [0.2, 0.25) is 5.91 Å². The second-order valence-corrected chi connectivity index (χ2v) is 4.34. The zero-order valence-corrected chi connectivity index (χ0v) is 10.4. The normalized spacial score (nSPS) is 20.1. The number of hydrogen-bond donors (Lipinski definition) is 1. The van der Waals surface area contributed by atoms with E-state index in [9.17, 15) is 9.59 Å². The predicted molar refractivity (Wildman–Crippen MR) is 62.3 cm³/mol. The first-order valence-electron chi connectivity index (χ1n) is 6.16. The molecule has 0 aliphatic carbocycles. The van der Waals surface area contributed by atoms with E-state index in [2.05, 4.69) is 4.74 Å². The maximum atomic E-state index is 11.9. The summed E-state index contributed by atoms with van der Waals surface area (Å²) in [5.74, 6) is -0.232. The Morgan fingerprint density at radius 1 is 1.41 bits per heavy atom. The number of ether oxygens (including phenoxy) is 1. The summed E-state index contributed by atoms with van der Waals surface area (Å²) in [5, 5.41) is 8.72. The van der Waals surface area contributed by atoms with Crippen LogP contribution in [0.3, 0.4) is 0 Å². The van der Waals surface area contributed by atoms with Crippen LogP contribution in [0.25, 0.3) is 0 Å². The molecule has 1 saturated heterocycles. The molecule has 1 unspecified atom stereocenters. The Morgan fingerprint density at radius 2 is 2.18 bits per heavy atom. The highest BCUT2D eigenvalue weighted by atomic mass is 16.5. The van der Waals surface area contributed by atoms with Crippen molar-refractivity contribution in [3.63, 3.8) is 0 Å². The van der Waals surface area contributed by atoms with E-state index in [4.69, 9.17) is 5.11 Å². The van der Waals surface area contributed by atoms with Gasteiger partial charge in [0.05, 0.1) is 13.5 Å². The molecule has 5 heteroatoms. The summed E-state index contributed by atoms with van der Waals surface area (Å²) in [6, 6.07) is -0.0256. The van der Waals surface area contributed by atoms with E-state index >= 15 is 0 Å². The lowest BCUT2D eigenvalue weighted by atomic mass is 9.98. The molecule has 1 N–H and O–H groups in total. The van der Waals surface area contributed by atoms with Crippen LogP contribution in [0.5, 0.6) is 0 Å². The van der Waals surface area contributed by atoms with Crippen molar-refractivity contribution in [2.75, 3.05) is 20.3 Å². The number of carbonyl (C=O) groups excluding carboxylic acids is 2. The number of aliphatic hydroxyl groups excluding tert-OH is 1. The maximum Gasteiger partial charge on any atom is 0.307 e. The second kappa shape index (κ2) is 7.27. The van der Waals surface area contributed by atoms with Gasteiger partial charge in [0.15, 0.2) is 0 Å². The van der Waals surface area contributed by atoms with Crippen molar-refractivity contribution in [2.45, 2.75) is 44.6 Å². The molecule has 98 valence electrons. The fourth-order valence-corrected chi connectivity index (χ4v) is 2.19. The molecule has 0 bridgehead atoms. The van der Waals surface area contributed by atoms with Crippen LogP contribution in [0.4, 0.5) is 0 Å². The first kappa shape index (κ1) is 14.0. The molecular weight excluding hydrogens is 222 g/mol. The molecule has 0 spiro atoms. The SMILES string of the molecule is COC(=O)CC1CCCCN1C(=O)CCCO. The Hall–Kier alpha value is -1.10. The highest BCUT2D eigenvalue weighted by Crippen LogP contribution is 2.21. The number of likely N-dealkylation sites (tertiary alicyclic amines) is 1. The van der Waals surface area contributed by atoms with Crippen molar-refractivity contribution in [2.24, 2.45) is 0 Å². The molecular formula is C12H21NO4. The monoisotopic (exact) mass is 243 g/mol. The van der Waals surface area contributed by atoms with Gasteiger partial charge in [-0.25, -0.2) is 0 Å². The van der Waals surface area contributed by atoms with Gasteiger partial charge in [-0.2, -0.15) is 0 Å². The van der Waals surface area contributed by atoms with Gasteiger partial charge in [-0.3, -0.25) is 9.59 Å². The van der Waals surface area contributed by atoms with Gasteiger partial charge in [0.1, 0.15) is 0 Å². The van der Waals surface area contributed by atoms with Crippen LogP contribution in [-0.4, -0.2) is 48.2 Å². The van der Waals surface area contributed by atoms with Crippen LogP contribution >= 0.6 is 0 Å². The molecule has 1 rings (SSSR count). The standard InChI is InChI=1S/C12H21NO4/c1-17-12(16)9-10-5-2-3-7-13(10)11(15)6-4-8-14/h10,14H,2-9H2,1H3. The van der Waals surface area contributed by atoms with E-state index in [0.717, 1.165) is 19.3 Å².